The van der Waals surface area contributed by atoms with E-state index in [4.69, 9.17) is 11.6 Å². The molecule has 1 aromatic heterocycles. The van der Waals surface area contributed by atoms with E-state index in [1.54, 1.807) is 4.68 Å². The van der Waals surface area contributed by atoms with Gasteiger partial charge in [-0.3, -0.25) is 9.48 Å². The number of carbonyl (C=O) groups excluding carboxylic acids is 1. The SMILES string of the molecule is Cn1ccc(NC(=O)C23CC4CC(CC(Cl)(C4)C2)C3)n1. The minimum atomic E-state index is -0.247. The number of alkyl halides is 1. The molecule has 108 valence electrons. The molecule has 1 amide bonds. The third kappa shape index (κ3) is 1.88. The fourth-order valence-corrected chi connectivity index (χ4v) is 5.84. The number of carbonyl (C=O) groups is 1. The largest absolute Gasteiger partial charge is 0.309 e. The lowest BCUT2D eigenvalue weighted by molar-refractivity contribution is -0.138. The van der Waals surface area contributed by atoms with Crippen LogP contribution in [0.15, 0.2) is 12.3 Å². The summed E-state index contributed by atoms with van der Waals surface area (Å²) in [6.45, 7) is 0. The zero-order valence-electron chi connectivity index (χ0n) is 11.7. The summed E-state index contributed by atoms with van der Waals surface area (Å²) in [5.74, 6) is 2.07. The monoisotopic (exact) mass is 293 g/mol. The third-order valence-electron chi connectivity index (χ3n) is 5.43. The zero-order valence-corrected chi connectivity index (χ0v) is 12.5. The second-order valence-electron chi connectivity index (χ2n) is 7.22. The summed E-state index contributed by atoms with van der Waals surface area (Å²) in [6, 6.07) is 1.84. The van der Waals surface area contributed by atoms with Crippen LogP contribution in [0, 0.1) is 17.3 Å². The van der Waals surface area contributed by atoms with Crippen molar-refractivity contribution in [3.63, 3.8) is 0 Å². The van der Waals surface area contributed by atoms with Crippen LogP contribution in [0.4, 0.5) is 5.82 Å². The van der Waals surface area contributed by atoms with Gasteiger partial charge in [-0.2, -0.15) is 5.10 Å². The van der Waals surface area contributed by atoms with Gasteiger partial charge in [-0.1, -0.05) is 0 Å². The number of nitrogens with zero attached hydrogens (tertiary/aromatic N) is 2. The highest BCUT2D eigenvalue weighted by atomic mass is 35.5. The Hall–Kier alpha value is -1.03. The molecule has 1 aromatic rings. The fourth-order valence-electron chi connectivity index (χ4n) is 5.15. The molecule has 0 aromatic carbocycles. The van der Waals surface area contributed by atoms with Crippen LogP contribution in [0.5, 0.6) is 0 Å². The molecule has 0 saturated heterocycles. The van der Waals surface area contributed by atoms with Gasteiger partial charge in [-0.05, 0) is 50.4 Å². The minimum Gasteiger partial charge on any atom is -0.309 e. The topological polar surface area (TPSA) is 46.9 Å². The number of amides is 1. The summed E-state index contributed by atoms with van der Waals surface area (Å²) in [4.78, 5) is 12.7. The summed E-state index contributed by atoms with van der Waals surface area (Å²) < 4.78 is 1.71. The lowest BCUT2D eigenvalue weighted by Gasteiger charge is -2.59. The van der Waals surface area contributed by atoms with Gasteiger partial charge in [0.05, 0.1) is 5.41 Å². The van der Waals surface area contributed by atoms with Crippen LogP contribution in [0.1, 0.15) is 38.5 Å². The van der Waals surface area contributed by atoms with E-state index in [1.165, 1.54) is 6.42 Å². The van der Waals surface area contributed by atoms with E-state index in [0.29, 0.717) is 17.7 Å². The van der Waals surface area contributed by atoms with Crippen LogP contribution >= 0.6 is 11.6 Å². The standard InChI is InChI=1S/C15H20ClN3O/c1-19-3-2-12(18-19)17-13(20)14-5-10-4-11(6-14)8-15(16,7-10)9-14/h2-3,10-11H,4-9H2,1H3,(H,17,18,20). The molecule has 1 heterocycles. The maximum absolute atomic E-state index is 12.8. The maximum atomic E-state index is 12.8. The summed E-state index contributed by atoms with van der Waals surface area (Å²) in [6.07, 6.45) is 8.18. The molecule has 0 aliphatic heterocycles. The second-order valence-corrected chi connectivity index (χ2v) is 8.02. The van der Waals surface area contributed by atoms with E-state index in [2.05, 4.69) is 10.4 Å². The first-order chi connectivity index (χ1) is 9.46. The lowest BCUT2D eigenvalue weighted by atomic mass is 9.49. The Morgan fingerprint density at radius 2 is 2.10 bits per heavy atom. The fraction of sp³-hybridized carbons (Fsp3) is 0.733. The number of hydrogen-bond acceptors (Lipinski definition) is 2. The van der Waals surface area contributed by atoms with Crippen LogP contribution in [0.2, 0.25) is 0 Å². The van der Waals surface area contributed by atoms with Gasteiger partial charge in [0.1, 0.15) is 0 Å². The first-order valence-electron chi connectivity index (χ1n) is 7.46. The van der Waals surface area contributed by atoms with Crippen molar-refractivity contribution in [1.29, 1.82) is 0 Å². The van der Waals surface area contributed by atoms with Crippen molar-refractivity contribution in [2.75, 3.05) is 5.32 Å². The molecule has 2 atom stereocenters. The molecule has 4 aliphatic rings. The third-order valence-corrected chi connectivity index (χ3v) is 5.87. The lowest BCUT2D eigenvalue weighted by Crippen LogP contribution is -2.57. The Kier molecular flexibility index (Phi) is 2.54. The molecule has 4 fully saturated rings. The van der Waals surface area contributed by atoms with Gasteiger partial charge in [0, 0.05) is 24.2 Å². The first kappa shape index (κ1) is 12.7. The van der Waals surface area contributed by atoms with E-state index in [9.17, 15) is 4.79 Å². The van der Waals surface area contributed by atoms with Crippen LogP contribution in [-0.2, 0) is 11.8 Å². The molecule has 5 rings (SSSR count). The van der Waals surface area contributed by atoms with Gasteiger partial charge in [0.2, 0.25) is 5.91 Å². The van der Waals surface area contributed by atoms with Crippen molar-refractivity contribution in [3.8, 4) is 0 Å². The van der Waals surface area contributed by atoms with Crippen molar-refractivity contribution in [2.24, 2.45) is 24.3 Å². The summed E-state index contributed by atoms with van der Waals surface area (Å²) in [5.41, 5.74) is -0.247. The van der Waals surface area contributed by atoms with Gasteiger partial charge >= 0.3 is 0 Å². The van der Waals surface area contributed by atoms with Crippen molar-refractivity contribution in [2.45, 2.75) is 43.4 Å². The highest BCUT2D eigenvalue weighted by Crippen LogP contribution is 2.63. The first-order valence-corrected chi connectivity index (χ1v) is 7.84. The van der Waals surface area contributed by atoms with Crippen molar-refractivity contribution in [1.82, 2.24) is 9.78 Å². The van der Waals surface area contributed by atoms with Crippen molar-refractivity contribution >= 4 is 23.3 Å². The van der Waals surface area contributed by atoms with Crippen LogP contribution in [0.25, 0.3) is 0 Å². The van der Waals surface area contributed by atoms with Gasteiger partial charge in [-0.25, -0.2) is 0 Å². The van der Waals surface area contributed by atoms with Gasteiger partial charge in [-0.15, -0.1) is 11.6 Å². The molecular weight excluding hydrogens is 274 g/mol. The Bertz CT molecular complexity index is 553. The predicted octanol–water partition coefficient (Wildman–Crippen LogP) is 2.94. The molecule has 0 spiro atoms. The van der Waals surface area contributed by atoms with E-state index in [0.717, 1.165) is 32.1 Å². The molecule has 4 bridgehead atoms. The molecule has 4 nitrogen and oxygen atoms in total. The number of anilines is 1. The summed E-state index contributed by atoms with van der Waals surface area (Å²) in [5, 5.41) is 7.25. The predicted molar refractivity (Wildman–Crippen MR) is 77.5 cm³/mol. The van der Waals surface area contributed by atoms with E-state index < -0.39 is 0 Å². The number of halogens is 1. The Labute approximate surface area is 123 Å². The highest BCUT2D eigenvalue weighted by Gasteiger charge is 2.60. The minimum absolute atomic E-state index is 0.120. The smallest absolute Gasteiger partial charge is 0.231 e. The Morgan fingerprint density at radius 3 is 2.65 bits per heavy atom. The molecular formula is C15H20ClN3O. The van der Waals surface area contributed by atoms with Crippen molar-refractivity contribution in [3.05, 3.63) is 12.3 Å². The maximum Gasteiger partial charge on any atom is 0.231 e. The average molecular weight is 294 g/mol. The number of aromatic nitrogens is 2. The molecule has 5 heteroatoms. The number of aryl methyl sites for hydroxylation is 1. The normalized spacial score (nSPS) is 41.9. The van der Waals surface area contributed by atoms with Crippen LogP contribution < -0.4 is 5.32 Å². The molecule has 20 heavy (non-hydrogen) atoms. The number of hydrogen-bond donors (Lipinski definition) is 1. The Balaban J connectivity index is 1.59. The number of nitrogens with one attached hydrogen (secondary N) is 1. The number of rotatable bonds is 2. The van der Waals surface area contributed by atoms with Gasteiger partial charge < -0.3 is 5.32 Å². The van der Waals surface area contributed by atoms with E-state index in [1.807, 2.05) is 19.3 Å². The van der Waals surface area contributed by atoms with Gasteiger partial charge in [0.25, 0.3) is 0 Å². The van der Waals surface area contributed by atoms with E-state index in [-0.39, 0.29) is 16.2 Å². The van der Waals surface area contributed by atoms with Crippen LogP contribution in [-0.4, -0.2) is 20.6 Å². The highest BCUT2D eigenvalue weighted by molar-refractivity contribution is 6.24. The molecule has 2 unspecified atom stereocenters. The van der Waals surface area contributed by atoms with Crippen LogP contribution in [0.3, 0.4) is 0 Å². The average Bonchev–Trinajstić information content (AvgIpc) is 2.71. The molecule has 0 radical (unpaired) electrons. The zero-order chi connectivity index (χ0) is 14.0. The summed E-state index contributed by atoms with van der Waals surface area (Å²) >= 11 is 6.77. The van der Waals surface area contributed by atoms with E-state index >= 15 is 0 Å². The summed E-state index contributed by atoms with van der Waals surface area (Å²) in [7, 11) is 1.86. The molecule has 4 saturated carbocycles. The molecule has 4 aliphatic carbocycles. The Morgan fingerprint density at radius 1 is 1.40 bits per heavy atom. The quantitative estimate of drug-likeness (QED) is 0.852. The van der Waals surface area contributed by atoms with Crippen molar-refractivity contribution < 1.29 is 4.79 Å². The second kappa shape index (κ2) is 4.00. The molecule has 1 N–H and O–H groups in total. The van der Waals surface area contributed by atoms with Gasteiger partial charge in [0.15, 0.2) is 5.82 Å².